The molecule has 1 saturated heterocycles. The van der Waals surface area contributed by atoms with Gasteiger partial charge in [-0.3, -0.25) is 0 Å². The number of nitrogen functional groups attached to an aromatic ring is 1. The van der Waals surface area contributed by atoms with E-state index >= 15 is 4.39 Å². The molecular weight excluding hydrogens is 497 g/mol. The molecule has 0 amide bonds. The lowest BCUT2D eigenvalue weighted by atomic mass is 10.1. The molecular formula is C23H19F3N6OS2. The number of nitrogens with one attached hydrogen (secondary N) is 1. The lowest BCUT2D eigenvalue weighted by Gasteiger charge is -2.26. The molecule has 3 N–H and O–H groups in total. The topological polar surface area (TPSA) is 89.2 Å². The van der Waals surface area contributed by atoms with Crippen molar-refractivity contribution in [3.8, 4) is 21.8 Å². The van der Waals surface area contributed by atoms with Gasteiger partial charge >= 0.3 is 0 Å². The van der Waals surface area contributed by atoms with Crippen LogP contribution in [0.2, 0.25) is 0 Å². The van der Waals surface area contributed by atoms with Gasteiger partial charge in [0.2, 0.25) is 5.95 Å². The molecule has 7 nitrogen and oxygen atoms in total. The van der Waals surface area contributed by atoms with Gasteiger partial charge in [0.05, 0.1) is 40.1 Å². The molecule has 3 heterocycles. The number of hydrogen-bond donors (Lipinski definition) is 2. The Kier molecular flexibility index (Phi) is 6.75. The second-order valence-electron chi connectivity index (χ2n) is 7.50. The van der Waals surface area contributed by atoms with Gasteiger partial charge in [-0.2, -0.15) is 0 Å². The molecule has 0 atom stereocenters. The maximum atomic E-state index is 15.7. The first-order valence-electron chi connectivity index (χ1n) is 10.6. The zero-order valence-electron chi connectivity index (χ0n) is 18.2. The van der Waals surface area contributed by atoms with Crippen molar-refractivity contribution in [3.63, 3.8) is 0 Å². The summed E-state index contributed by atoms with van der Waals surface area (Å²) in [5.41, 5.74) is 6.97. The van der Waals surface area contributed by atoms with Crippen LogP contribution in [0.3, 0.4) is 0 Å². The second kappa shape index (κ2) is 10.1. The largest absolute Gasteiger partial charge is 0.378 e. The molecule has 4 aromatic rings. The first kappa shape index (κ1) is 23.4. The first-order chi connectivity index (χ1) is 17.0. The summed E-state index contributed by atoms with van der Waals surface area (Å²) < 4.78 is 51.9. The van der Waals surface area contributed by atoms with Crippen LogP contribution in [0.4, 0.5) is 29.9 Å². The van der Waals surface area contributed by atoms with Crippen molar-refractivity contribution < 1.29 is 17.9 Å². The second-order valence-corrected chi connectivity index (χ2v) is 9.29. The van der Waals surface area contributed by atoms with Gasteiger partial charge in [0, 0.05) is 24.8 Å². The number of benzene rings is 2. The molecule has 180 valence electrons. The lowest BCUT2D eigenvalue weighted by molar-refractivity contribution is 0.122. The molecule has 35 heavy (non-hydrogen) atoms. The van der Waals surface area contributed by atoms with Crippen molar-refractivity contribution in [2.75, 3.05) is 41.7 Å². The molecule has 2 aromatic heterocycles. The number of morpholine rings is 1. The summed E-state index contributed by atoms with van der Waals surface area (Å²) in [6.07, 6.45) is 1.53. The van der Waals surface area contributed by atoms with E-state index in [0.717, 1.165) is 12.1 Å². The number of hydrogen-bond acceptors (Lipinski definition) is 9. The summed E-state index contributed by atoms with van der Waals surface area (Å²) in [6.45, 7) is 2.46. The zero-order valence-corrected chi connectivity index (χ0v) is 19.8. The fourth-order valence-electron chi connectivity index (χ4n) is 3.53. The molecule has 2 aromatic carbocycles. The highest BCUT2D eigenvalue weighted by atomic mass is 32.2. The number of thiazole rings is 1. The molecule has 0 bridgehead atoms. The van der Waals surface area contributed by atoms with E-state index in [1.54, 1.807) is 18.2 Å². The van der Waals surface area contributed by atoms with Crippen LogP contribution >= 0.6 is 23.3 Å². The van der Waals surface area contributed by atoms with Gasteiger partial charge < -0.3 is 20.1 Å². The van der Waals surface area contributed by atoms with E-state index in [-0.39, 0.29) is 22.1 Å². The Morgan fingerprint density at radius 2 is 1.74 bits per heavy atom. The van der Waals surface area contributed by atoms with Crippen LogP contribution < -0.4 is 15.4 Å². The van der Waals surface area contributed by atoms with Gasteiger partial charge in [0.1, 0.15) is 11.6 Å². The normalized spacial score (nSPS) is 13.7. The quantitative estimate of drug-likeness (QED) is 0.337. The van der Waals surface area contributed by atoms with Gasteiger partial charge in [0.25, 0.3) is 0 Å². The van der Waals surface area contributed by atoms with Crippen LogP contribution in [0.1, 0.15) is 0 Å². The summed E-state index contributed by atoms with van der Waals surface area (Å²) in [7, 11) is 0. The summed E-state index contributed by atoms with van der Waals surface area (Å²) in [4.78, 5) is 15.4. The number of nitrogens with two attached hydrogens (primary N) is 1. The minimum absolute atomic E-state index is 0.0595. The van der Waals surface area contributed by atoms with Crippen molar-refractivity contribution >= 4 is 40.1 Å². The average Bonchev–Trinajstić information content (AvgIpc) is 3.30. The van der Waals surface area contributed by atoms with Crippen LogP contribution in [0.25, 0.3) is 21.8 Å². The molecule has 0 saturated carbocycles. The Morgan fingerprint density at radius 3 is 2.49 bits per heavy atom. The third-order valence-electron chi connectivity index (χ3n) is 5.24. The van der Waals surface area contributed by atoms with Gasteiger partial charge in [0.15, 0.2) is 10.9 Å². The molecule has 1 fully saturated rings. The van der Waals surface area contributed by atoms with Crippen LogP contribution in [0.15, 0.2) is 53.6 Å². The van der Waals surface area contributed by atoms with Crippen molar-refractivity contribution in [1.82, 2.24) is 15.0 Å². The minimum atomic E-state index is -0.739. The first-order valence-corrected chi connectivity index (χ1v) is 12.2. The Morgan fingerprint density at radius 1 is 1.00 bits per heavy atom. The van der Waals surface area contributed by atoms with E-state index < -0.39 is 17.5 Å². The summed E-state index contributed by atoms with van der Waals surface area (Å²) in [5.74, 6) is -2.00. The fraction of sp³-hybridized carbons (Fsp3) is 0.174. The molecule has 1 aliphatic heterocycles. The van der Waals surface area contributed by atoms with E-state index in [2.05, 4.69) is 19.6 Å². The molecule has 0 unspecified atom stereocenters. The smallest absolute Gasteiger partial charge is 0.220 e. The number of aromatic nitrogens is 3. The third-order valence-corrected chi connectivity index (χ3v) is 7.29. The van der Waals surface area contributed by atoms with Gasteiger partial charge in [-0.05, 0) is 42.3 Å². The monoisotopic (exact) mass is 516 g/mol. The van der Waals surface area contributed by atoms with Gasteiger partial charge in [-0.15, -0.1) is 0 Å². The molecule has 5 rings (SSSR count). The van der Waals surface area contributed by atoms with Crippen LogP contribution in [0.5, 0.6) is 0 Å². The molecule has 0 spiro atoms. The predicted molar refractivity (Wildman–Crippen MR) is 132 cm³/mol. The van der Waals surface area contributed by atoms with E-state index in [0.29, 0.717) is 59.6 Å². The Labute approximate surface area is 207 Å². The number of nitrogens with zero attached hydrogens (tertiary/aromatic N) is 4. The maximum absolute atomic E-state index is 15.7. The summed E-state index contributed by atoms with van der Waals surface area (Å²) in [5, 5.41) is 0.705. The highest BCUT2D eigenvalue weighted by Crippen LogP contribution is 2.42. The standard InChI is InChI=1S/C23H19F3N6OS2/c24-14-4-2-5-15(25)20(14)35-31-16-6-1-3-13(18(16)26)19-21(17-7-8-28-22(27)29-17)34-23(30-19)32-9-11-33-12-10-32/h1-8,31H,9-12H2,(H2,27,28,29). The zero-order chi connectivity index (χ0) is 24.4. The van der Waals surface area contributed by atoms with E-state index in [1.807, 2.05) is 0 Å². The predicted octanol–water partition coefficient (Wildman–Crippen LogP) is 5.22. The minimum Gasteiger partial charge on any atom is -0.378 e. The number of anilines is 3. The van der Waals surface area contributed by atoms with Crippen LogP contribution in [-0.2, 0) is 4.74 Å². The molecule has 0 radical (unpaired) electrons. The Hall–Kier alpha value is -3.35. The van der Waals surface area contributed by atoms with E-state index in [4.69, 9.17) is 15.5 Å². The van der Waals surface area contributed by atoms with Gasteiger partial charge in [-0.1, -0.05) is 23.5 Å². The molecule has 1 aliphatic rings. The third kappa shape index (κ3) is 4.90. The highest BCUT2D eigenvalue weighted by molar-refractivity contribution is 8.00. The Bertz CT molecular complexity index is 1340. The van der Waals surface area contributed by atoms with Crippen LogP contribution in [-0.4, -0.2) is 41.3 Å². The van der Waals surface area contributed by atoms with Crippen LogP contribution in [0, 0.1) is 17.5 Å². The molecule has 12 heteroatoms. The summed E-state index contributed by atoms with van der Waals surface area (Å²) in [6, 6.07) is 9.97. The number of rotatable bonds is 6. The Balaban J connectivity index is 1.54. The van der Waals surface area contributed by atoms with Crippen molar-refractivity contribution in [2.45, 2.75) is 4.90 Å². The van der Waals surface area contributed by atoms with Crippen molar-refractivity contribution in [3.05, 3.63) is 66.1 Å². The maximum Gasteiger partial charge on any atom is 0.220 e. The number of ether oxygens (including phenoxy) is 1. The van der Waals surface area contributed by atoms with E-state index in [9.17, 15) is 8.78 Å². The fourth-order valence-corrected chi connectivity index (χ4v) is 5.34. The summed E-state index contributed by atoms with van der Waals surface area (Å²) >= 11 is 2.03. The highest BCUT2D eigenvalue weighted by Gasteiger charge is 2.24. The van der Waals surface area contributed by atoms with Gasteiger partial charge in [-0.25, -0.2) is 28.1 Å². The molecule has 0 aliphatic carbocycles. The SMILES string of the molecule is Nc1nccc(-c2sc(N3CCOCC3)nc2-c2cccc(NSc3c(F)cccc3F)c2F)n1. The number of halogens is 3. The average molecular weight is 517 g/mol. The van der Waals surface area contributed by atoms with Crippen molar-refractivity contribution in [2.24, 2.45) is 0 Å². The lowest BCUT2D eigenvalue weighted by Crippen LogP contribution is -2.36. The van der Waals surface area contributed by atoms with E-state index in [1.165, 1.54) is 29.7 Å². The van der Waals surface area contributed by atoms with Crippen molar-refractivity contribution in [1.29, 1.82) is 0 Å².